The summed E-state index contributed by atoms with van der Waals surface area (Å²) in [7, 11) is 0. The van der Waals surface area contributed by atoms with Crippen LogP contribution >= 0.6 is 0 Å². The molecule has 82 valence electrons. The first-order chi connectivity index (χ1) is 7.27. The molecule has 1 aromatic heterocycles. The van der Waals surface area contributed by atoms with E-state index >= 15 is 0 Å². The molecule has 0 bridgehead atoms. The van der Waals surface area contributed by atoms with Crippen LogP contribution < -0.4 is 0 Å². The smallest absolute Gasteiger partial charge is 0.305 e. The SMILES string of the molecule is O=C(O)CCn1cnnc1C1CCCC1. The highest BCUT2D eigenvalue weighted by atomic mass is 16.4. The van der Waals surface area contributed by atoms with Crippen LogP contribution in [0.1, 0.15) is 43.8 Å². The number of hydrogen-bond acceptors (Lipinski definition) is 3. The van der Waals surface area contributed by atoms with E-state index in [1.807, 2.05) is 4.57 Å². The number of aromatic nitrogens is 3. The van der Waals surface area contributed by atoms with Gasteiger partial charge in [-0.3, -0.25) is 4.79 Å². The highest BCUT2D eigenvalue weighted by molar-refractivity contribution is 5.66. The van der Waals surface area contributed by atoms with E-state index in [4.69, 9.17) is 5.11 Å². The number of nitrogens with zero attached hydrogens (tertiary/aromatic N) is 3. The maximum absolute atomic E-state index is 10.5. The van der Waals surface area contributed by atoms with Crippen molar-refractivity contribution in [2.75, 3.05) is 0 Å². The van der Waals surface area contributed by atoms with E-state index in [1.54, 1.807) is 6.33 Å². The number of carboxylic acids is 1. The molecule has 0 aromatic carbocycles. The van der Waals surface area contributed by atoms with E-state index in [9.17, 15) is 4.79 Å². The summed E-state index contributed by atoms with van der Waals surface area (Å²) in [5.74, 6) is 0.677. The summed E-state index contributed by atoms with van der Waals surface area (Å²) >= 11 is 0. The molecule has 0 amide bonds. The van der Waals surface area contributed by atoms with Crippen LogP contribution in [0.4, 0.5) is 0 Å². The van der Waals surface area contributed by atoms with Crippen LogP contribution in [0, 0.1) is 0 Å². The van der Waals surface area contributed by atoms with Crippen molar-refractivity contribution in [2.24, 2.45) is 0 Å². The summed E-state index contributed by atoms with van der Waals surface area (Å²) in [5, 5.41) is 16.6. The lowest BCUT2D eigenvalue weighted by Crippen LogP contribution is -2.09. The summed E-state index contributed by atoms with van der Waals surface area (Å²) in [6, 6.07) is 0. The van der Waals surface area contributed by atoms with Crippen molar-refractivity contribution in [1.29, 1.82) is 0 Å². The first-order valence-corrected chi connectivity index (χ1v) is 5.37. The summed E-state index contributed by atoms with van der Waals surface area (Å²) in [5.41, 5.74) is 0. The Morgan fingerprint density at radius 1 is 1.53 bits per heavy atom. The topological polar surface area (TPSA) is 68.0 Å². The Kier molecular flexibility index (Phi) is 2.99. The van der Waals surface area contributed by atoms with Crippen molar-refractivity contribution in [3.63, 3.8) is 0 Å². The molecule has 15 heavy (non-hydrogen) atoms. The van der Waals surface area contributed by atoms with E-state index in [1.165, 1.54) is 12.8 Å². The normalized spacial score (nSPS) is 17.1. The second-order valence-electron chi connectivity index (χ2n) is 4.01. The number of carboxylic acid groups (broad SMARTS) is 1. The van der Waals surface area contributed by atoms with Crippen LogP contribution in [0.3, 0.4) is 0 Å². The third-order valence-electron chi connectivity index (χ3n) is 2.93. The van der Waals surface area contributed by atoms with Gasteiger partial charge in [0.1, 0.15) is 12.2 Å². The van der Waals surface area contributed by atoms with Crippen LogP contribution in [-0.4, -0.2) is 25.8 Å². The Balaban J connectivity index is 2.04. The molecular formula is C10H15N3O2. The fourth-order valence-electron chi connectivity index (χ4n) is 2.15. The van der Waals surface area contributed by atoms with Crippen molar-refractivity contribution < 1.29 is 9.90 Å². The molecule has 1 N–H and O–H groups in total. The number of aryl methyl sites for hydroxylation is 1. The van der Waals surface area contributed by atoms with Crippen molar-refractivity contribution in [2.45, 2.75) is 44.6 Å². The van der Waals surface area contributed by atoms with E-state index in [2.05, 4.69) is 10.2 Å². The molecule has 0 aliphatic heterocycles. The Morgan fingerprint density at radius 3 is 2.93 bits per heavy atom. The average molecular weight is 209 g/mol. The maximum atomic E-state index is 10.5. The van der Waals surface area contributed by atoms with Gasteiger partial charge in [-0.05, 0) is 12.8 Å². The summed E-state index contributed by atoms with van der Waals surface area (Å²) < 4.78 is 1.88. The van der Waals surface area contributed by atoms with Gasteiger partial charge in [0, 0.05) is 12.5 Å². The maximum Gasteiger partial charge on any atom is 0.305 e. The zero-order chi connectivity index (χ0) is 10.7. The molecule has 1 aliphatic rings. The van der Waals surface area contributed by atoms with Gasteiger partial charge in [-0.25, -0.2) is 0 Å². The molecule has 1 fully saturated rings. The zero-order valence-electron chi connectivity index (χ0n) is 8.59. The predicted molar refractivity (Wildman–Crippen MR) is 53.5 cm³/mol. The first-order valence-electron chi connectivity index (χ1n) is 5.37. The third kappa shape index (κ3) is 2.34. The average Bonchev–Trinajstić information content (AvgIpc) is 2.85. The Morgan fingerprint density at radius 2 is 2.27 bits per heavy atom. The molecule has 1 aromatic rings. The van der Waals surface area contributed by atoms with Gasteiger partial charge in [-0.15, -0.1) is 10.2 Å². The van der Waals surface area contributed by atoms with Gasteiger partial charge in [-0.2, -0.15) is 0 Å². The number of carbonyl (C=O) groups is 1. The lowest BCUT2D eigenvalue weighted by molar-refractivity contribution is -0.137. The molecule has 0 atom stereocenters. The summed E-state index contributed by atoms with van der Waals surface area (Å²) in [6.45, 7) is 0.480. The first kappa shape index (κ1) is 10.1. The molecular weight excluding hydrogens is 194 g/mol. The fraction of sp³-hybridized carbons (Fsp3) is 0.700. The standard InChI is InChI=1S/C10H15N3O2/c14-9(15)5-6-13-7-11-12-10(13)8-3-1-2-4-8/h7-8H,1-6H2,(H,14,15). The third-order valence-corrected chi connectivity index (χ3v) is 2.93. The number of aliphatic carboxylic acids is 1. The second-order valence-corrected chi connectivity index (χ2v) is 4.01. The van der Waals surface area contributed by atoms with Crippen molar-refractivity contribution in [1.82, 2.24) is 14.8 Å². The minimum atomic E-state index is -0.777. The quantitative estimate of drug-likeness (QED) is 0.814. The highest BCUT2D eigenvalue weighted by Crippen LogP contribution is 2.32. The monoisotopic (exact) mass is 209 g/mol. The largest absolute Gasteiger partial charge is 0.481 e. The van der Waals surface area contributed by atoms with E-state index in [-0.39, 0.29) is 6.42 Å². The molecule has 5 heteroatoms. The van der Waals surface area contributed by atoms with Crippen LogP contribution in [0.2, 0.25) is 0 Å². The molecule has 0 spiro atoms. The predicted octanol–water partition coefficient (Wildman–Crippen LogP) is 1.41. The van der Waals surface area contributed by atoms with Gasteiger partial charge >= 0.3 is 5.97 Å². The summed E-state index contributed by atoms with van der Waals surface area (Å²) in [6.07, 6.45) is 6.58. The van der Waals surface area contributed by atoms with Crippen molar-refractivity contribution in [3.8, 4) is 0 Å². The zero-order valence-corrected chi connectivity index (χ0v) is 8.59. The summed E-state index contributed by atoms with van der Waals surface area (Å²) in [4.78, 5) is 10.5. The molecule has 0 unspecified atom stereocenters. The minimum absolute atomic E-state index is 0.137. The molecule has 2 rings (SSSR count). The van der Waals surface area contributed by atoms with Crippen LogP contribution in [0.25, 0.3) is 0 Å². The molecule has 0 radical (unpaired) electrons. The highest BCUT2D eigenvalue weighted by Gasteiger charge is 2.22. The minimum Gasteiger partial charge on any atom is -0.481 e. The van der Waals surface area contributed by atoms with Gasteiger partial charge in [0.2, 0.25) is 0 Å². The fourth-order valence-corrected chi connectivity index (χ4v) is 2.15. The molecule has 1 saturated carbocycles. The Hall–Kier alpha value is -1.39. The lowest BCUT2D eigenvalue weighted by Gasteiger charge is -2.09. The molecule has 1 aliphatic carbocycles. The van der Waals surface area contributed by atoms with Gasteiger partial charge in [0.25, 0.3) is 0 Å². The van der Waals surface area contributed by atoms with Gasteiger partial charge in [-0.1, -0.05) is 12.8 Å². The Bertz CT molecular complexity index is 342. The lowest BCUT2D eigenvalue weighted by atomic mass is 10.1. The van der Waals surface area contributed by atoms with Crippen LogP contribution in [0.15, 0.2) is 6.33 Å². The van der Waals surface area contributed by atoms with Gasteiger partial charge in [0.15, 0.2) is 0 Å². The van der Waals surface area contributed by atoms with Gasteiger partial charge in [0.05, 0.1) is 6.42 Å². The van der Waals surface area contributed by atoms with E-state index in [0.29, 0.717) is 12.5 Å². The van der Waals surface area contributed by atoms with Crippen molar-refractivity contribution >= 4 is 5.97 Å². The van der Waals surface area contributed by atoms with E-state index in [0.717, 1.165) is 18.7 Å². The van der Waals surface area contributed by atoms with Gasteiger partial charge < -0.3 is 9.67 Å². The second kappa shape index (κ2) is 4.42. The van der Waals surface area contributed by atoms with Crippen molar-refractivity contribution in [3.05, 3.63) is 12.2 Å². The molecule has 5 nitrogen and oxygen atoms in total. The number of hydrogen-bond donors (Lipinski definition) is 1. The Labute approximate surface area is 88.1 Å². The molecule has 0 saturated heterocycles. The van der Waals surface area contributed by atoms with Crippen LogP contribution in [0.5, 0.6) is 0 Å². The van der Waals surface area contributed by atoms with E-state index < -0.39 is 5.97 Å². The van der Waals surface area contributed by atoms with Crippen LogP contribution in [-0.2, 0) is 11.3 Å². The molecule has 1 heterocycles. The number of rotatable bonds is 4.